The predicted molar refractivity (Wildman–Crippen MR) is 85.0 cm³/mol. The Balaban J connectivity index is 2.09. The van der Waals surface area contributed by atoms with E-state index in [0.29, 0.717) is 18.7 Å². The second-order valence-electron chi connectivity index (χ2n) is 4.56. The Bertz CT molecular complexity index is 521. The molecule has 0 aliphatic carbocycles. The molecule has 0 saturated carbocycles. The van der Waals surface area contributed by atoms with Crippen molar-refractivity contribution in [1.29, 1.82) is 0 Å². The molecule has 1 aliphatic rings. The van der Waals surface area contributed by atoms with Gasteiger partial charge >= 0.3 is 0 Å². The highest BCUT2D eigenvalue weighted by Gasteiger charge is 2.28. The van der Waals surface area contributed by atoms with Crippen LogP contribution in [0.15, 0.2) is 22.7 Å². The van der Waals surface area contributed by atoms with Crippen molar-refractivity contribution in [2.24, 2.45) is 0 Å². The van der Waals surface area contributed by atoms with Gasteiger partial charge in [-0.15, -0.1) is 0 Å². The summed E-state index contributed by atoms with van der Waals surface area (Å²) in [4.78, 5) is 25.3. The van der Waals surface area contributed by atoms with E-state index in [4.69, 9.17) is 0 Å². The lowest BCUT2D eigenvalue weighted by Gasteiger charge is -2.17. The summed E-state index contributed by atoms with van der Waals surface area (Å²) in [6.07, 6.45) is 0.815. The minimum Gasteiger partial charge on any atom is -0.352 e. The standard InChI is InChI=1S/C13H14BrIN2O2/c1-8(18)16-10-4-5-17(7-10)13(19)11-6-9(14)2-3-12(11)15/h2-3,6,10H,4-5,7H2,1H3,(H,16,18). The maximum Gasteiger partial charge on any atom is 0.255 e. The minimum absolute atomic E-state index is 0.0264. The van der Waals surface area contributed by atoms with E-state index in [1.54, 1.807) is 4.90 Å². The van der Waals surface area contributed by atoms with Crippen molar-refractivity contribution in [3.05, 3.63) is 31.8 Å². The molecular weight excluding hydrogens is 423 g/mol. The molecule has 1 aromatic carbocycles. The first-order chi connectivity index (χ1) is 8.97. The number of likely N-dealkylation sites (tertiary alicyclic amines) is 1. The van der Waals surface area contributed by atoms with E-state index < -0.39 is 0 Å². The molecule has 4 nitrogen and oxygen atoms in total. The zero-order valence-electron chi connectivity index (χ0n) is 10.5. The van der Waals surface area contributed by atoms with Crippen LogP contribution in [0.25, 0.3) is 0 Å². The monoisotopic (exact) mass is 436 g/mol. The van der Waals surface area contributed by atoms with Gasteiger partial charge in [0.15, 0.2) is 0 Å². The van der Waals surface area contributed by atoms with Gasteiger partial charge in [-0.1, -0.05) is 15.9 Å². The molecule has 2 amide bonds. The van der Waals surface area contributed by atoms with Crippen molar-refractivity contribution in [2.45, 2.75) is 19.4 Å². The third-order valence-corrected chi connectivity index (χ3v) is 4.48. The van der Waals surface area contributed by atoms with Gasteiger partial charge in [0.1, 0.15) is 0 Å². The summed E-state index contributed by atoms with van der Waals surface area (Å²) in [7, 11) is 0. The summed E-state index contributed by atoms with van der Waals surface area (Å²) in [5.74, 6) is -0.0186. The van der Waals surface area contributed by atoms with Crippen molar-refractivity contribution in [3.63, 3.8) is 0 Å². The molecule has 1 unspecified atom stereocenters. The molecule has 1 aliphatic heterocycles. The second kappa shape index (κ2) is 6.21. The Morgan fingerprint density at radius 3 is 2.89 bits per heavy atom. The molecule has 6 heteroatoms. The van der Waals surface area contributed by atoms with Gasteiger partial charge in [0.2, 0.25) is 5.91 Å². The lowest BCUT2D eigenvalue weighted by Crippen LogP contribution is -2.37. The van der Waals surface area contributed by atoms with E-state index in [2.05, 4.69) is 43.8 Å². The Morgan fingerprint density at radius 2 is 2.21 bits per heavy atom. The van der Waals surface area contributed by atoms with Crippen LogP contribution < -0.4 is 5.32 Å². The Morgan fingerprint density at radius 1 is 1.47 bits per heavy atom. The molecule has 0 radical (unpaired) electrons. The predicted octanol–water partition coefficient (Wildman–Crippen LogP) is 2.40. The van der Waals surface area contributed by atoms with Crippen molar-refractivity contribution in [3.8, 4) is 0 Å². The Kier molecular flexibility index (Phi) is 4.83. The van der Waals surface area contributed by atoms with Gasteiger partial charge in [0, 0.05) is 34.1 Å². The fraction of sp³-hybridized carbons (Fsp3) is 0.385. The van der Waals surface area contributed by atoms with Gasteiger partial charge < -0.3 is 10.2 Å². The van der Waals surface area contributed by atoms with Crippen LogP contribution in [0.5, 0.6) is 0 Å². The van der Waals surface area contributed by atoms with Crippen LogP contribution in [0.3, 0.4) is 0 Å². The first-order valence-corrected chi connectivity index (χ1v) is 7.86. The number of rotatable bonds is 2. The molecule has 0 spiro atoms. The molecule has 0 bridgehead atoms. The molecule has 1 aromatic rings. The normalized spacial score (nSPS) is 18.5. The summed E-state index contributed by atoms with van der Waals surface area (Å²) < 4.78 is 1.84. The fourth-order valence-electron chi connectivity index (χ4n) is 2.18. The Hall–Kier alpha value is -0.630. The number of halogens is 2. The van der Waals surface area contributed by atoms with Gasteiger partial charge in [0.25, 0.3) is 5.91 Å². The van der Waals surface area contributed by atoms with Crippen LogP contribution in [0.1, 0.15) is 23.7 Å². The van der Waals surface area contributed by atoms with E-state index in [9.17, 15) is 9.59 Å². The van der Waals surface area contributed by atoms with Crippen molar-refractivity contribution < 1.29 is 9.59 Å². The topological polar surface area (TPSA) is 49.4 Å². The molecule has 102 valence electrons. The largest absolute Gasteiger partial charge is 0.352 e. The molecular formula is C13H14BrIN2O2. The number of hydrogen-bond acceptors (Lipinski definition) is 2. The first-order valence-electron chi connectivity index (χ1n) is 5.99. The number of carbonyl (C=O) groups is 2. The van der Waals surface area contributed by atoms with Crippen molar-refractivity contribution in [2.75, 3.05) is 13.1 Å². The third-order valence-electron chi connectivity index (χ3n) is 3.04. The number of carbonyl (C=O) groups excluding carboxylic acids is 2. The highest BCUT2D eigenvalue weighted by molar-refractivity contribution is 14.1. The van der Waals surface area contributed by atoms with E-state index in [1.807, 2.05) is 18.2 Å². The molecule has 1 atom stereocenters. The van der Waals surface area contributed by atoms with Gasteiger partial charge in [-0.05, 0) is 47.2 Å². The van der Waals surface area contributed by atoms with E-state index in [0.717, 1.165) is 14.5 Å². The maximum absolute atomic E-state index is 12.4. The quantitative estimate of drug-likeness (QED) is 0.723. The lowest BCUT2D eigenvalue weighted by atomic mass is 10.2. The number of amides is 2. The lowest BCUT2D eigenvalue weighted by molar-refractivity contribution is -0.119. The molecule has 1 saturated heterocycles. The number of hydrogen-bond donors (Lipinski definition) is 1. The molecule has 1 N–H and O–H groups in total. The van der Waals surface area contributed by atoms with Crippen LogP contribution >= 0.6 is 38.5 Å². The maximum atomic E-state index is 12.4. The summed E-state index contributed by atoms with van der Waals surface area (Å²) >= 11 is 5.55. The average molecular weight is 437 g/mol. The fourth-order valence-corrected chi connectivity index (χ4v) is 3.11. The van der Waals surface area contributed by atoms with Gasteiger partial charge in [0.05, 0.1) is 5.56 Å². The molecule has 1 heterocycles. The Labute approximate surface area is 134 Å². The van der Waals surface area contributed by atoms with E-state index >= 15 is 0 Å². The van der Waals surface area contributed by atoms with Gasteiger partial charge in [-0.25, -0.2) is 0 Å². The molecule has 1 fully saturated rings. The zero-order chi connectivity index (χ0) is 14.0. The van der Waals surface area contributed by atoms with Crippen LogP contribution in [0.4, 0.5) is 0 Å². The van der Waals surface area contributed by atoms with Gasteiger partial charge in [-0.3, -0.25) is 9.59 Å². The van der Waals surface area contributed by atoms with Crippen LogP contribution in [0.2, 0.25) is 0 Å². The van der Waals surface area contributed by atoms with Crippen molar-refractivity contribution >= 4 is 50.3 Å². The summed E-state index contributed by atoms with van der Waals surface area (Å²) in [6, 6.07) is 5.75. The van der Waals surface area contributed by atoms with E-state index in [-0.39, 0.29) is 17.9 Å². The van der Waals surface area contributed by atoms with Gasteiger partial charge in [-0.2, -0.15) is 0 Å². The van der Waals surface area contributed by atoms with Crippen molar-refractivity contribution in [1.82, 2.24) is 10.2 Å². The molecule has 2 rings (SSSR count). The van der Waals surface area contributed by atoms with Crippen LogP contribution in [0, 0.1) is 3.57 Å². The summed E-state index contributed by atoms with van der Waals surface area (Å²) in [6.45, 7) is 2.77. The number of nitrogens with zero attached hydrogens (tertiary/aromatic N) is 1. The number of benzene rings is 1. The summed E-state index contributed by atoms with van der Waals surface area (Å²) in [5.41, 5.74) is 0.707. The minimum atomic E-state index is -0.0451. The SMILES string of the molecule is CC(=O)NC1CCN(C(=O)c2cc(Br)ccc2I)C1. The molecule has 19 heavy (non-hydrogen) atoms. The third kappa shape index (κ3) is 3.68. The zero-order valence-corrected chi connectivity index (χ0v) is 14.2. The van der Waals surface area contributed by atoms with E-state index in [1.165, 1.54) is 6.92 Å². The first kappa shape index (κ1) is 14.8. The molecule has 0 aromatic heterocycles. The summed E-state index contributed by atoms with van der Waals surface area (Å²) in [5, 5.41) is 2.86. The smallest absolute Gasteiger partial charge is 0.255 e. The highest BCUT2D eigenvalue weighted by atomic mass is 127. The average Bonchev–Trinajstić information content (AvgIpc) is 2.79. The van der Waals surface area contributed by atoms with Crippen LogP contribution in [-0.4, -0.2) is 35.8 Å². The van der Waals surface area contributed by atoms with Crippen LogP contribution in [-0.2, 0) is 4.79 Å². The number of nitrogens with one attached hydrogen (secondary N) is 1. The second-order valence-corrected chi connectivity index (χ2v) is 6.64. The highest BCUT2D eigenvalue weighted by Crippen LogP contribution is 2.22.